The van der Waals surface area contributed by atoms with E-state index in [9.17, 15) is 4.39 Å². The summed E-state index contributed by atoms with van der Waals surface area (Å²) in [6.45, 7) is 4.39. The standard InChI is InChI=1S/C18H19BrFN3S/c19-15-5-3-6-16(12-15)21-18(24)23-10-8-22(9-11-23)13-14-4-1-2-7-17(14)20/h1-7,12H,8-11,13H2,(H,21,24)/p+1. The number of thiocarbonyl (C=S) groups is 1. The van der Waals surface area contributed by atoms with E-state index < -0.39 is 0 Å². The van der Waals surface area contributed by atoms with Crippen LogP contribution in [0, 0.1) is 5.82 Å². The number of benzene rings is 2. The first-order valence-corrected chi connectivity index (χ1v) is 9.20. The fraction of sp³-hybridized carbons (Fsp3) is 0.278. The van der Waals surface area contributed by atoms with Crippen molar-refractivity contribution in [2.75, 3.05) is 31.5 Å². The molecule has 2 N–H and O–H groups in total. The maximum absolute atomic E-state index is 13.8. The third kappa shape index (κ3) is 4.53. The predicted octanol–water partition coefficient (Wildman–Crippen LogP) is 2.69. The van der Waals surface area contributed by atoms with Gasteiger partial charge in [-0.2, -0.15) is 0 Å². The first-order valence-electron chi connectivity index (χ1n) is 8.00. The van der Waals surface area contributed by atoms with Crippen LogP contribution in [-0.4, -0.2) is 36.2 Å². The summed E-state index contributed by atoms with van der Waals surface area (Å²) >= 11 is 8.98. The van der Waals surface area contributed by atoms with Gasteiger partial charge in [0.25, 0.3) is 0 Å². The minimum absolute atomic E-state index is 0.112. The molecule has 1 aliphatic heterocycles. The smallest absolute Gasteiger partial charge is 0.173 e. The molecule has 0 bridgehead atoms. The number of nitrogens with zero attached hydrogens (tertiary/aromatic N) is 1. The Morgan fingerprint density at radius 1 is 1.17 bits per heavy atom. The van der Waals surface area contributed by atoms with Crippen LogP contribution in [0.3, 0.4) is 0 Å². The molecule has 1 aliphatic rings. The van der Waals surface area contributed by atoms with Crippen LogP contribution < -0.4 is 10.2 Å². The molecule has 1 fully saturated rings. The van der Waals surface area contributed by atoms with Crippen molar-refractivity contribution in [3.63, 3.8) is 0 Å². The Hall–Kier alpha value is -1.50. The Bertz CT molecular complexity index is 717. The second kappa shape index (κ2) is 8.05. The molecule has 2 aromatic carbocycles. The van der Waals surface area contributed by atoms with Gasteiger partial charge in [-0.05, 0) is 36.5 Å². The molecule has 0 unspecified atom stereocenters. The van der Waals surface area contributed by atoms with Crippen molar-refractivity contribution in [3.8, 4) is 0 Å². The van der Waals surface area contributed by atoms with Crippen molar-refractivity contribution in [3.05, 3.63) is 64.4 Å². The number of hydrogen-bond donors (Lipinski definition) is 2. The zero-order chi connectivity index (χ0) is 16.9. The second-order valence-corrected chi connectivity index (χ2v) is 7.25. The number of halogens is 2. The lowest BCUT2D eigenvalue weighted by Crippen LogP contribution is -3.13. The van der Waals surface area contributed by atoms with Gasteiger partial charge < -0.3 is 15.1 Å². The lowest BCUT2D eigenvalue weighted by atomic mass is 10.2. The van der Waals surface area contributed by atoms with E-state index in [4.69, 9.17) is 12.2 Å². The fourth-order valence-electron chi connectivity index (χ4n) is 2.88. The van der Waals surface area contributed by atoms with Crippen LogP contribution in [-0.2, 0) is 6.54 Å². The maximum Gasteiger partial charge on any atom is 0.173 e. The fourth-order valence-corrected chi connectivity index (χ4v) is 3.58. The van der Waals surface area contributed by atoms with Gasteiger partial charge in [0.1, 0.15) is 12.4 Å². The van der Waals surface area contributed by atoms with Crippen molar-refractivity contribution >= 4 is 38.9 Å². The quantitative estimate of drug-likeness (QED) is 0.761. The molecule has 1 heterocycles. The predicted molar refractivity (Wildman–Crippen MR) is 103 cm³/mol. The average Bonchev–Trinajstić information content (AvgIpc) is 2.57. The molecule has 0 aromatic heterocycles. The first kappa shape index (κ1) is 17.3. The normalized spacial score (nSPS) is 15.3. The highest BCUT2D eigenvalue weighted by molar-refractivity contribution is 9.10. The number of rotatable bonds is 3. The summed E-state index contributed by atoms with van der Waals surface area (Å²) in [5, 5.41) is 4.03. The van der Waals surface area contributed by atoms with E-state index in [1.165, 1.54) is 11.0 Å². The largest absolute Gasteiger partial charge is 0.338 e. The SMILES string of the molecule is Fc1ccccc1C[NH+]1CCN(C(=S)Nc2cccc(Br)c2)CC1. The number of anilines is 1. The lowest BCUT2D eigenvalue weighted by molar-refractivity contribution is -0.917. The summed E-state index contributed by atoms with van der Waals surface area (Å²) in [5.74, 6) is -0.112. The summed E-state index contributed by atoms with van der Waals surface area (Å²) in [7, 11) is 0. The summed E-state index contributed by atoms with van der Waals surface area (Å²) < 4.78 is 14.8. The average molecular weight is 409 g/mol. The van der Waals surface area contributed by atoms with Gasteiger partial charge in [-0.3, -0.25) is 0 Å². The highest BCUT2D eigenvalue weighted by Crippen LogP contribution is 2.16. The molecule has 0 spiro atoms. The summed E-state index contributed by atoms with van der Waals surface area (Å²) in [4.78, 5) is 3.57. The van der Waals surface area contributed by atoms with E-state index in [1.54, 1.807) is 6.07 Å². The molecule has 0 aliphatic carbocycles. The van der Waals surface area contributed by atoms with E-state index in [-0.39, 0.29) is 5.82 Å². The van der Waals surface area contributed by atoms with Crippen LogP contribution in [0.2, 0.25) is 0 Å². The van der Waals surface area contributed by atoms with Crippen LogP contribution in [0.4, 0.5) is 10.1 Å². The van der Waals surface area contributed by atoms with Crippen LogP contribution >= 0.6 is 28.1 Å². The number of quaternary nitrogens is 1. The van der Waals surface area contributed by atoms with E-state index in [0.29, 0.717) is 0 Å². The highest BCUT2D eigenvalue weighted by Gasteiger charge is 2.22. The Morgan fingerprint density at radius 3 is 2.62 bits per heavy atom. The molecule has 126 valence electrons. The van der Waals surface area contributed by atoms with E-state index >= 15 is 0 Å². The third-order valence-corrected chi connectivity index (χ3v) is 5.09. The Balaban J connectivity index is 1.51. The van der Waals surface area contributed by atoms with Crippen LogP contribution in [0.1, 0.15) is 5.56 Å². The van der Waals surface area contributed by atoms with E-state index in [0.717, 1.165) is 53.6 Å². The Morgan fingerprint density at radius 2 is 1.92 bits per heavy atom. The molecule has 2 aromatic rings. The first-order chi connectivity index (χ1) is 11.6. The van der Waals surface area contributed by atoms with Gasteiger partial charge >= 0.3 is 0 Å². The summed E-state index contributed by atoms with van der Waals surface area (Å²) in [6.07, 6.45) is 0. The maximum atomic E-state index is 13.8. The van der Waals surface area contributed by atoms with Gasteiger partial charge in [0.15, 0.2) is 5.11 Å². The van der Waals surface area contributed by atoms with Crippen molar-refractivity contribution < 1.29 is 9.29 Å². The molecule has 1 saturated heterocycles. The van der Waals surface area contributed by atoms with Crippen molar-refractivity contribution in [1.29, 1.82) is 0 Å². The number of piperazine rings is 1. The number of nitrogens with one attached hydrogen (secondary N) is 2. The van der Waals surface area contributed by atoms with Crippen LogP contribution in [0.25, 0.3) is 0 Å². The minimum atomic E-state index is -0.112. The molecule has 3 rings (SSSR count). The monoisotopic (exact) mass is 408 g/mol. The van der Waals surface area contributed by atoms with Gasteiger partial charge in [-0.1, -0.05) is 40.2 Å². The molecule has 3 nitrogen and oxygen atoms in total. The zero-order valence-corrected chi connectivity index (χ0v) is 15.7. The molecular formula is C18H20BrFN3S+. The van der Waals surface area contributed by atoms with Crippen molar-refractivity contribution in [2.45, 2.75) is 6.54 Å². The van der Waals surface area contributed by atoms with Gasteiger partial charge in [-0.25, -0.2) is 4.39 Å². The van der Waals surface area contributed by atoms with Crippen molar-refractivity contribution in [1.82, 2.24) is 4.90 Å². The van der Waals surface area contributed by atoms with E-state index in [2.05, 4.69) is 26.1 Å². The molecule has 6 heteroatoms. The van der Waals surface area contributed by atoms with Gasteiger partial charge in [0.2, 0.25) is 0 Å². The summed E-state index contributed by atoms with van der Waals surface area (Å²) in [6, 6.07) is 15.0. The Labute approximate surface area is 155 Å². The van der Waals surface area contributed by atoms with Gasteiger partial charge in [0.05, 0.1) is 26.2 Å². The molecule has 0 atom stereocenters. The molecule has 0 amide bonds. The summed E-state index contributed by atoms with van der Waals surface area (Å²) in [5.41, 5.74) is 1.77. The molecule has 0 radical (unpaired) electrons. The topological polar surface area (TPSA) is 19.7 Å². The van der Waals surface area contributed by atoms with Gasteiger partial charge in [-0.15, -0.1) is 0 Å². The van der Waals surface area contributed by atoms with Crippen LogP contribution in [0.5, 0.6) is 0 Å². The van der Waals surface area contributed by atoms with E-state index in [1.807, 2.05) is 36.4 Å². The molecular weight excluding hydrogens is 389 g/mol. The third-order valence-electron chi connectivity index (χ3n) is 4.23. The zero-order valence-electron chi connectivity index (χ0n) is 13.3. The Kier molecular flexibility index (Phi) is 5.81. The van der Waals surface area contributed by atoms with Gasteiger partial charge in [0, 0.05) is 15.7 Å². The molecule has 24 heavy (non-hydrogen) atoms. The molecule has 0 saturated carbocycles. The second-order valence-electron chi connectivity index (χ2n) is 5.95. The highest BCUT2D eigenvalue weighted by atomic mass is 79.9. The van der Waals surface area contributed by atoms with Crippen LogP contribution in [0.15, 0.2) is 53.0 Å². The minimum Gasteiger partial charge on any atom is -0.338 e. The lowest BCUT2D eigenvalue weighted by Gasteiger charge is -2.34. The number of hydrogen-bond acceptors (Lipinski definition) is 1. The van der Waals surface area contributed by atoms with Crippen molar-refractivity contribution in [2.24, 2.45) is 0 Å².